The molecule has 18 heteroatoms. The monoisotopic (exact) mass is 644 g/mol. The Labute approximate surface area is 265 Å². The van der Waals surface area contributed by atoms with Crippen molar-refractivity contribution in [3.8, 4) is 0 Å². The number of aliphatic carboxylic acids is 1. The fourth-order valence-electron chi connectivity index (χ4n) is 4.52. The van der Waals surface area contributed by atoms with E-state index in [1.54, 1.807) is 6.20 Å². The maximum Gasteiger partial charge on any atom is 0.326 e. The van der Waals surface area contributed by atoms with Crippen molar-refractivity contribution in [3.05, 3.63) is 36.0 Å². The van der Waals surface area contributed by atoms with Gasteiger partial charge in [0.25, 0.3) is 0 Å². The summed E-state index contributed by atoms with van der Waals surface area (Å²) in [5.74, 6) is -4.57. The third-order valence-electron chi connectivity index (χ3n) is 6.91. The number of aromatic amines is 1. The van der Waals surface area contributed by atoms with E-state index < -0.39 is 53.8 Å². The minimum absolute atomic E-state index is 0.00850. The van der Waals surface area contributed by atoms with E-state index in [1.807, 2.05) is 24.3 Å². The van der Waals surface area contributed by atoms with Gasteiger partial charge in [-0.05, 0) is 43.7 Å². The third-order valence-corrected chi connectivity index (χ3v) is 6.91. The number of guanidine groups is 2. The lowest BCUT2D eigenvalue weighted by molar-refractivity contribution is -0.142. The van der Waals surface area contributed by atoms with Crippen molar-refractivity contribution in [3.63, 3.8) is 0 Å². The van der Waals surface area contributed by atoms with Gasteiger partial charge in [-0.2, -0.15) is 0 Å². The van der Waals surface area contributed by atoms with Crippen LogP contribution in [0.5, 0.6) is 0 Å². The number of nitrogens with one attached hydrogen (secondary N) is 4. The number of nitrogens with two attached hydrogens (primary N) is 6. The highest BCUT2D eigenvalue weighted by atomic mass is 16.4. The number of hydrogen-bond acceptors (Lipinski definition) is 8. The van der Waals surface area contributed by atoms with Gasteiger partial charge in [-0.3, -0.25) is 29.2 Å². The van der Waals surface area contributed by atoms with E-state index >= 15 is 0 Å². The molecule has 4 amide bonds. The number of aliphatic imine (C=N–C) groups is 2. The molecule has 0 saturated carbocycles. The number of carboxylic acids is 1. The molecule has 2 rings (SSSR count). The largest absolute Gasteiger partial charge is 0.480 e. The van der Waals surface area contributed by atoms with E-state index in [0.29, 0.717) is 12.0 Å². The highest BCUT2D eigenvalue weighted by Gasteiger charge is 2.31. The van der Waals surface area contributed by atoms with Gasteiger partial charge in [-0.25, -0.2) is 4.79 Å². The van der Waals surface area contributed by atoms with E-state index in [2.05, 4.69) is 30.9 Å². The summed E-state index contributed by atoms with van der Waals surface area (Å²) >= 11 is 0. The second kappa shape index (κ2) is 18.4. The van der Waals surface area contributed by atoms with Gasteiger partial charge in [0.1, 0.15) is 18.1 Å². The Kier molecular flexibility index (Phi) is 14.7. The highest BCUT2D eigenvalue weighted by Crippen LogP contribution is 2.19. The number of rotatable bonds is 20. The number of primary amides is 1. The molecule has 0 saturated heterocycles. The van der Waals surface area contributed by atoms with Gasteiger partial charge in [0.15, 0.2) is 11.9 Å². The van der Waals surface area contributed by atoms with Crippen LogP contribution in [0.25, 0.3) is 10.9 Å². The van der Waals surface area contributed by atoms with Crippen molar-refractivity contribution < 1.29 is 29.1 Å². The molecular formula is C28H44N12O6. The number of carbonyl (C=O) groups is 5. The molecule has 46 heavy (non-hydrogen) atoms. The van der Waals surface area contributed by atoms with Crippen molar-refractivity contribution in [2.24, 2.45) is 44.4 Å². The van der Waals surface area contributed by atoms with Gasteiger partial charge in [0.05, 0.1) is 6.04 Å². The van der Waals surface area contributed by atoms with E-state index in [4.69, 9.17) is 34.4 Å². The summed E-state index contributed by atoms with van der Waals surface area (Å²) in [6.07, 6.45) is 1.99. The third kappa shape index (κ3) is 12.7. The maximum atomic E-state index is 13.4. The number of amides is 4. The van der Waals surface area contributed by atoms with E-state index in [1.165, 1.54) is 0 Å². The van der Waals surface area contributed by atoms with E-state index in [9.17, 15) is 29.1 Å². The van der Waals surface area contributed by atoms with Crippen LogP contribution >= 0.6 is 0 Å². The van der Waals surface area contributed by atoms with Gasteiger partial charge >= 0.3 is 5.97 Å². The van der Waals surface area contributed by atoms with E-state index in [-0.39, 0.29) is 63.5 Å². The lowest BCUT2D eigenvalue weighted by Crippen LogP contribution is -2.57. The molecule has 252 valence electrons. The summed E-state index contributed by atoms with van der Waals surface area (Å²) in [5, 5.41) is 18.3. The normalized spacial score (nSPS) is 13.4. The lowest BCUT2D eigenvalue weighted by Gasteiger charge is -2.25. The number of aromatic nitrogens is 1. The molecule has 1 aromatic heterocycles. The lowest BCUT2D eigenvalue weighted by atomic mass is 10.0. The average Bonchev–Trinajstić information content (AvgIpc) is 3.40. The van der Waals surface area contributed by atoms with Crippen molar-refractivity contribution in [1.82, 2.24) is 20.9 Å². The summed E-state index contributed by atoms with van der Waals surface area (Å²) in [5.41, 5.74) is 34.0. The molecule has 1 aromatic carbocycles. The SMILES string of the molecule is NC(=O)CCC(NC(=O)C(N)CCCN=C(N)N)C(=O)NC(CCCN=C(N)N)C(=O)NC(Cc1c[nH]c2ccccc12)C(=O)O. The highest BCUT2D eigenvalue weighted by molar-refractivity contribution is 5.94. The molecule has 0 aliphatic rings. The minimum atomic E-state index is -1.34. The first kappa shape index (κ1) is 36.8. The molecule has 4 atom stereocenters. The van der Waals surface area contributed by atoms with Crippen LogP contribution in [0.1, 0.15) is 44.1 Å². The Balaban J connectivity index is 2.20. The first-order chi connectivity index (χ1) is 21.8. The number of carboxylic acid groups (broad SMARTS) is 1. The first-order valence-electron chi connectivity index (χ1n) is 14.6. The average molecular weight is 645 g/mol. The van der Waals surface area contributed by atoms with Crippen molar-refractivity contribution in [2.75, 3.05) is 13.1 Å². The molecule has 18 nitrogen and oxygen atoms in total. The molecule has 4 unspecified atom stereocenters. The van der Waals surface area contributed by atoms with Crippen LogP contribution in [0.4, 0.5) is 0 Å². The van der Waals surface area contributed by atoms with Gasteiger partial charge in [0.2, 0.25) is 23.6 Å². The fraction of sp³-hybridized carbons (Fsp3) is 0.464. The number of nitrogens with zero attached hydrogens (tertiary/aromatic N) is 2. The number of para-hydroxylation sites is 1. The second-order valence-electron chi connectivity index (χ2n) is 10.6. The Bertz CT molecular complexity index is 1420. The van der Waals surface area contributed by atoms with Gasteiger partial charge in [0, 0.05) is 43.0 Å². The topological polar surface area (TPSA) is 338 Å². The van der Waals surface area contributed by atoms with Crippen LogP contribution in [0.15, 0.2) is 40.4 Å². The van der Waals surface area contributed by atoms with Crippen LogP contribution in [-0.4, -0.2) is 88.9 Å². The standard InChI is InChI=1S/C28H44N12O6/c29-17(6-3-11-35-27(31)32)23(42)38-20(9-10-22(30)41)25(44)39-19(8-4-12-36-28(33)34)24(43)40-21(26(45)46)13-15-14-37-18-7-2-1-5-16(15)18/h1-2,5,7,14,17,19-21,37H,3-4,6,8-13,29H2,(H2,30,41)(H,38,42)(H,39,44)(H,40,43)(H,45,46)(H4,31,32,35)(H4,33,34,36). The first-order valence-corrected chi connectivity index (χ1v) is 14.6. The zero-order valence-corrected chi connectivity index (χ0v) is 25.4. The van der Waals surface area contributed by atoms with Gasteiger partial charge in [-0.1, -0.05) is 18.2 Å². The van der Waals surface area contributed by atoms with Crippen LogP contribution in [0.3, 0.4) is 0 Å². The number of benzene rings is 1. The molecule has 0 fully saturated rings. The Morgan fingerprint density at radius 3 is 1.89 bits per heavy atom. The summed E-state index contributed by atoms with van der Waals surface area (Å²) < 4.78 is 0. The van der Waals surface area contributed by atoms with Gasteiger partial charge in [-0.15, -0.1) is 0 Å². The number of fused-ring (bicyclic) bond motifs is 1. The molecule has 0 aliphatic carbocycles. The van der Waals surface area contributed by atoms with Crippen LogP contribution in [0.2, 0.25) is 0 Å². The zero-order valence-electron chi connectivity index (χ0n) is 25.4. The Morgan fingerprint density at radius 1 is 0.761 bits per heavy atom. The molecule has 17 N–H and O–H groups in total. The summed E-state index contributed by atoms with van der Waals surface area (Å²) in [7, 11) is 0. The minimum Gasteiger partial charge on any atom is -0.480 e. The Morgan fingerprint density at radius 2 is 1.30 bits per heavy atom. The second-order valence-corrected chi connectivity index (χ2v) is 10.6. The number of hydrogen-bond donors (Lipinski definition) is 11. The molecule has 0 bridgehead atoms. The van der Waals surface area contributed by atoms with Crippen molar-refractivity contribution >= 4 is 52.4 Å². The fourth-order valence-corrected chi connectivity index (χ4v) is 4.52. The summed E-state index contributed by atoms with van der Waals surface area (Å²) in [6.45, 7) is 0.361. The molecule has 0 spiro atoms. The molecule has 2 aromatic rings. The van der Waals surface area contributed by atoms with Crippen LogP contribution < -0.4 is 50.4 Å². The molecule has 0 radical (unpaired) electrons. The predicted molar refractivity (Wildman–Crippen MR) is 172 cm³/mol. The summed E-state index contributed by atoms with van der Waals surface area (Å²) in [6, 6.07) is 2.38. The van der Waals surface area contributed by atoms with Crippen LogP contribution in [0, 0.1) is 0 Å². The predicted octanol–water partition coefficient (Wildman–Crippen LogP) is -3.05. The van der Waals surface area contributed by atoms with Crippen molar-refractivity contribution in [1.29, 1.82) is 0 Å². The van der Waals surface area contributed by atoms with Crippen molar-refractivity contribution in [2.45, 2.75) is 69.1 Å². The van der Waals surface area contributed by atoms with Crippen LogP contribution in [-0.2, 0) is 30.4 Å². The van der Waals surface area contributed by atoms with Gasteiger partial charge < -0.3 is 60.4 Å². The zero-order chi connectivity index (χ0) is 34.2. The maximum absolute atomic E-state index is 13.4. The molecule has 1 heterocycles. The summed E-state index contributed by atoms with van der Waals surface area (Å²) in [4.78, 5) is 74.0. The molecular weight excluding hydrogens is 600 g/mol. The number of carbonyl (C=O) groups excluding carboxylic acids is 4. The number of H-pyrrole nitrogens is 1. The quantitative estimate of drug-likeness (QED) is 0.0390. The molecule has 0 aliphatic heterocycles. The van der Waals surface area contributed by atoms with E-state index in [0.717, 1.165) is 10.9 Å². The smallest absolute Gasteiger partial charge is 0.326 e. The Hall–Kier alpha value is -5.39.